The SMILES string of the molecule is CN=C(NCC(c1ccc(OC)c(OC)c1)N(C)C)NCC(C(C)C)N1CCOCC1.I. The van der Waals surface area contributed by atoms with E-state index in [0.717, 1.165) is 55.9 Å². The molecule has 1 aliphatic rings. The normalized spacial score (nSPS) is 17.0. The zero-order valence-electron chi connectivity index (χ0n) is 20.7. The van der Waals surface area contributed by atoms with E-state index in [1.807, 2.05) is 19.2 Å². The molecule has 0 aromatic heterocycles. The number of methoxy groups -OCH3 is 2. The van der Waals surface area contributed by atoms with Crippen molar-refractivity contribution < 1.29 is 14.2 Å². The third kappa shape index (κ3) is 8.24. The van der Waals surface area contributed by atoms with Crippen molar-refractivity contribution in [2.75, 3.05) is 74.8 Å². The number of benzene rings is 1. The number of ether oxygens (including phenoxy) is 3. The molecule has 1 saturated heterocycles. The molecule has 1 fully saturated rings. The summed E-state index contributed by atoms with van der Waals surface area (Å²) in [6.07, 6.45) is 0. The van der Waals surface area contributed by atoms with Gasteiger partial charge in [0.1, 0.15) is 0 Å². The van der Waals surface area contributed by atoms with Crippen LogP contribution in [0.5, 0.6) is 11.5 Å². The zero-order chi connectivity index (χ0) is 22.8. The van der Waals surface area contributed by atoms with E-state index < -0.39 is 0 Å². The molecular formula is C23H42IN5O3. The third-order valence-corrected chi connectivity index (χ3v) is 5.87. The van der Waals surface area contributed by atoms with Gasteiger partial charge in [-0.25, -0.2) is 0 Å². The highest BCUT2D eigenvalue weighted by Gasteiger charge is 2.24. The van der Waals surface area contributed by atoms with Crippen LogP contribution in [0.25, 0.3) is 0 Å². The number of hydrogen-bond acceptors (Lipinski definition) is 6. The molecule has 1 aromatic carbocycles. The summed E-state index contributed by atoms with van der Waals surface area (Å²) in [5.41, 5.74) is 1.15. The second kappa shape index (κ2) is 14.8. The molecule has 32 heavy (non-hydrogen) atoms. The third-order valence-electron chi connectivity index (χ3n) is 5.87. The lowest BCUT2D eigenvalue weighted by Gasteiger charge is -2.37. The highest BCUT2D eigenvalue weighted by Crippen LogP contribution is 2.31. The summed E-state index contributed by atoms with van der Waals surface area (Å²) in [7, 11) is 9.28. The van der Waals surface area contributed by atoms with E-state index >= 15 is 0 Å². The summed E-state index contributed by atoms with van der Waals surface area (Å²) in [6, 6.07) is 6.66. The van der Waals surface area contributed by atoms with Gasteiger partial charge in [0.25, 0.3) is 0 Å². The van der Waals surface area contributed by atoms with E-state index in [0.29, 0.717) is 18.5 Å². The summed E-state index contributed by atoms with van der Waals surface area (Å²) in [5.74, 6) is 2.83. The first kappa shape index (κ1) is 28.7. The Morgan fingerprint density at radius 2 is 1.72 bits per heavy atom. The van der Waals surface area contributed by atoms with Crippen LogP contribution in [0.2, 0.25) is 0 Å². The number of aliphatic imine (C=N–C) groups is 1. The van der Waals surface area contributed by atoms with Crippen LogP contribution >= 0.6 is 24.0 Å². The lowest BCUT2D eigenvalue weighted by Crippen LogP contribution is -2.53. The van der Waals surface area contributed by atoms with Crippen molar-refractivity contribution in [2.45, 2.75) is 25.9 Å². The van der Waals surface area contributed by atoms with Gasteiger partial charge < -0.3 is 29.7 Å². The Balaban J connectivity index is 0.00000512. The quantitative estimate of drug-likeness (QED) is 0.258. The molecular weight excluding hydrogens is 521 g/mol. The van der Waals surface area contributed by atoms with Gasteiger partial charge in [0.15, 0.2) is 17.5 Å². The number of nitrogens with zero attached hydrogens (tertiary/aromatic N) is 3. The molecule has 9 heteroatoms. The van der Waals surface area contributed by atoms with E-state index in [-0.39, 0.29) is 30.0 Å². The van der Waals surface area contributed by atoms with Crippen molar-refractivity contribution >= 4 is 29.9 Å². The fourth-order valence-corrected chi connectivity index (χ4v) is 3.97. The minimum Gasteiger partial charge on any atom is -0.493 e. The molecule has 1 heterocycles. The number of nitrogens with one attached hydrogen (secondary N) is 2. The topological polar surface area (TPSA) is 70.6 Å². The standard InChI is InChI=1S/C23H41N5O3.HI/c1-17(2)19(28-10-12-31-13-11-28)15-25-23(24-3)26-16-20(27(4)5)18-8-9-21(29-6)22(14-18)30-7;/h8-9,14,17,19-20H,10-13,15-16H2,1-7H3,(H2,24,25,26);1H. The monoisotopic (exact) mass is 563 g/mol. The number of guanidine groups is 1. The van der Waals surface area contributed by atoms with Crippen LogP contribution in [0.1, 0.15) is 25.5 Å². The molecule has 0 spiro atoms. The maximum absolute atomic E-state index is 5.52. The van der Waals surface area contributed by atoms with Gasteiger partial charge in [-0.1, -0.05) is 19.9 Å². The van der Waals surface area contributed by atoms with Crippen LogP contribution in [0.15, 0.2) is 23.2 Å². The molecule has 0 bridgehead atoms. The molecule has 0 radical (unpaired) electrons. The largest absolute Gasteiger partial charge is 0.493 e. The number of likely N-dealkylation sites (N-methyl/N-ethyl adjacent to an activating group) is 1. The molecule has 0 amide bonds. The Morgan fingerprint density at radius 1 is 1.09 bits per heavy atom. The lowest BCUT2D eigenvalue weighted by molar-refractivity contribution is 0.00752. The predicted molar refractivity (Wildman–Crippen MR) is 142 cm³/mol. The van der Waals surface area contributed by atoms with E-state index in [9.17, 15) is 0 Å². The van der Waals surface area contributed by atoms with E-state index in [1.54, 1.807) is 14.2 Å². The van der Waals surface area contributed by atoms with Crippen molar-refractivity contribution in [3.05, 3.63) is 23.8 Å². The molecule has 2 atom stereocenters. The average Bonchev–Trinajstić information content (AvgIpc) is 2.78. The maximum atomic E-state index is 5.52. The minimum atomic E-state index is 0. The molecule has 2 N–H and O–H groups in total. The van der Waals surface area contributed by atoms with Gasteiger partial charge in [-0.3, -0.25) is 9.89 Å². The molecule has 8 nitrogen and oxygen atoms in total. The second-order valence-electron chi connectivity index (χ2n) is 8.39. The second-order valence-corrected chi connectivity index (χ2v) is 8.39. The fraction of sp³-hybridized carbons (Fsp3) is 0.696. The van der Waals surface area contributed by atoms with Gasteiger partial charge in [-0.2, -0.15) is 0 Å². The average molecular weight is 564 g/mol. The van der Waals surface area contributed by atoms with Crippen molar-refractivity contribution in [3.8, 4) is 11.5 Å². The molecule has 0 aliphatic carbocycles. The van der Waals surface area contributed by atoms with Gasteiger partial charge in [0.05, 0.1) is 33.5 Å². The van der Waals surface area contributed by atoms with Crippen LogP contribution in [0, 0.1) is 5.92 Å². The molecule has 1 aliphatic heterocycles. The summed E-state index contributed by atoms with van der Waals surface area (Å²) < 4.78 is 16.4. The van der Waals surface area contributed by atoms with Crippen LogP contribution < -0.4 is 20.1 Å². The summed E-state index contributed by atoms with van der Waals surface area (Å²) in [4.78, 5) is 9.14. The van der Waals surface area contributed by atoms with Crippen molar-refractivity contribution in [1.82, 2.24) is 20.4 Å². The van der Waals surface area contributed by atoms with Crippen molar-refractivity contribution in [1.29, 1.82) is 0 Å². The minimum absolute atomic E-state index is 0. The van der Waals surface area contributed by atoms with Crippen LogP contribution in [0.4, 0.5) is 0 Å². The lowest BCUT2D eigenvalue weighted by atomic mass is 10.0. The van der Waals surface area contributed by atoms with Gasteiger partial charge >= 0.3 is 0 Å². The summed E-state index contributed by atoms with van der Waals surface area (Å²) in [6.45, 7) is 9.70. The predicted octanol–water partition coefficient (Wildman–Crippen LogP) is 2.45. The Morgan fingerprint density at radius 3 is 2.25 bits per heavy atom. The molecule has 2 unspecified atom stereocenters. The van der Waals surface area contributed by atoms with Gasteiger partial charge in [-0.05, 0) is 37.7 Å². The highest BCUT2D eigenvalue weighted by molar-refractivity contribution is 14.0. The van der Waals surface area contributed by atoms with Crippen LogP contribution in [0.3, 0.4) is 0 Å². The van der Waals surface area contributed by atoms with E-state index in [2.05, 4.69) is 59.4 Å². The van der Waals surface area contributed by atoms with Crippen LogP contribution in [-0.2, 0) is 4.74 Å². The van der Waals surface area contributed by atoms with Gasteiger partial charge in [-0.15, -0.1) is 24.0 Å². The van der Waals surface area contributed by atoms with Crippen molar-refractivity contribution in [3.63, 3.8) is 0 Å². The summed E-state index contributed by atoms with van der Waals surface area (Å²) in [5, 5.41) is 7.02. The Labute approximate surface area is 211 Å². The molecule has 1 aromatic rings. The van der Waals surface area contributed by atoms with E-state index in [4.69, 9.17) is 14.2 Å². The number of rotatable bonds is 10. The van der Waals surface area contributed by atoms with Gasteiger partial charge in [0.2, 0.25) is 0 Å². The maximum Gasteiger partial charge on any atom is 0.191 e. The van der Waals surface area contributed by atoms with E-state index in [1.165, 1.54) is 0 Å². The highest BCUT2D eigenvalue weighted by atomic mass is 127. The Hall–Kier alpha value is -1.30. The smallest absolute Gasteiger partial charge is 0.191 e. The first-order chi connectivity index (χ1) is 14.9. The molecule has 2 rings (SSSR count). The fourth-order valence-electron chi connectivity index (χ4n) is 3.97. The Kier molecular flexibility index (Phi) is 13.3. The van der Waals surface area contributed by atoms with Crippen molar-refractivity contribution in [2.24, 2.45) is 10.9 Å². The molecule has 184 valence electrons. The van der Waals surface area contributed by atoms with Gasteiger partial charge in [0, 0.05) is 39.3 Å². The Bertz CT molecular complexity index is 696. The number of morpholine rings is 1. The number of hydrogen-bond donors (Lipinski definition) is 2. The molecule has 0 saturated carbocycles. The summed E-state index contributed by atoms with van der Waals surface area (Å²) >= 11 is 0. The number of halogens is 1. The zero-order valence-corrected chi connectivity index (χ0v) is 23.0. The van der Waals surface area contributed by atoms with Crippen LogP contribution in [-0.4, -0.2) is 96.6 Å². The first-order valence-electron chi connectivity index (χ1n) is 11.1. The first-order valence-corrected chi connectivity index (χ1v) is 11.1.